The van der Waals surface area contributed by atoms with Crippen LogP contribution in [0.1, 0.15) is 19.0 Å². The van der Waals surface area contributed by atoms with Crippen molar-refractivity contribution in [3.8, 4) is 5.88 Å². The van der Waals surface area contributed by atoms with Crippen molar-refractivity contribution >= 4 is 11.8 Å². The summed E-state index contributed by atoms with van der Waals surface area (Å²) in [6, 6.07) is 0. The molecule has 0 aromatic carbocycles. The topological polar surface area (TPSA) is 115 Å². The Hall–Kier alpha value is -2.71. The van der Waals surface area contributed by atoms with Crippen molar-refractivity contribution < 1.29 is 14.6 Å². The molecule has 0 aliphatic heterocycles. The summed E-state index contributed by atoms with van der Waals surface area (Å²) in [7, 11) is 0. The van der Waals surface area contributed by atoms with E-state index in [4.69, 9.17) is 9.84 Å². The lowest BCUT2D eigenvalue weighted by Crippen LogP contribution is -2.09. The van der Waals surface area contributed by atoms with Gasteiger partial charge in [0.15, 0.2) is 0 Å². The van der Waals surface area contributed by atoms with Crippen LogP contribution in [0, 0.1) is 0 Å². The van der Waals surface area contributed by atoms with Crippen LogP contribution in [0.25, 0.3) is 0 Å². The van der Waals surface area contributed by atoms with Gasteiger partial charge in [0.25, 0.3) is 0 Å². The fraction of sp³-hybridized carbons (Fsp3) is 0.417. The first-order chi connectivity index (χ1) is 10.2. The molecule has 112 valence electrons. The quantitative estimate of drug-likeness (QED) is 0.725. The Morgan fingerprint density at radius 1 is 1.48 bits per heavy atom. The Balaban J connectivity index is 1.90. The van der Waals surface area contributed by atoms with E-state index in [1.165, 1.54) is 4.68 Å². The summed E-state index contributed by atoms with van der Waals surface area (Å²) in [5.41, 5.74) is 0.609. The molecule has 0 unspecified atom stereocenters. The van der Waals surface area contributed by atoms with Gasteiger partial charge in [-0.2, -0.15) is 4.98 Å². The minimum atomic E-state index is -0.967. The van der Waals surface area contributed by atoms with Gasteiger partial charge in [-0.3, -0.25) is 9.78 Å². The SMILES string of the molecule is CCCOc1cncc(NCc2cn(CC(=O)O)nn2)n1. The predicted octanol–water partition coefficient (Wildman–Crippen LogP) is 0.554. The zero-order valence-corrected chi connectivity index (χ0v) is 11.6. The molecule has 0 atom stereocenters. The number of hydrogen-bond donors (Lipinski definition) is 2. The van der Waals surface area contributed by atoms with Crippen LogP contribution in [-0.4, -0.2) is 42.6 Å². The standard InChI is InChI=1S/C12H16N6O3/c1-2-3-21-11-6-13-5-10(15-11)14-4-9-7-18(17-16-9)8-12(19)20/h5-7H,2-4,8H2,1H3,(H,14,15)(H,19,20). The van der Waals surface area contributed by atoms with Crippen LogP contribution in [0.5, 0.6) is 5.88 Å². The molecule has 21 heavy (non-hydrogen) atoms. The van der Waals surface area contributed by atoms with E-state index in [1.54, 1.807) is 18.6 Å². The number of aliphatic carboxylic acids is 1. The van der Waals surface area contributed by atoms with Crippen molar-refractivity contribution in [2.75, 3.05) is 11.9 Å². The summed E-state index contributed by atoms with van der Waals surface area (Å²) >= 11 is 0. The third-order valence-electron chi connectivity index (χ3n) is 2.40. The van der Waals surface area contributed by atoms with Gasteiger partial charge >= 0.3 is 5.97 Å². The summed E-state index contributed by atoms with van der Waals surface area (Å²) in [6.45, 7) is 2.75. The van der Waals surface area contributed by atoms with E-state index < -0.39 is 5.97 Å². The van der Waals surface area contributed by atoms with Crippen LogP contribution in [0.3, 0.4) is 0 Å². The van der Waals surface area contributed by atoms with Crippen LogP contribution in [0.4, 0.5) is 5.82 Å². The largest absolute Gasteiger partial charge is 0.480 e. The zero-order valence-electron chi connectivity index (χ0n) is 11.6. The van der Waals surface area contributed by atoms with E-state index in [-0.39, 0.29) is 6.54 Å². The Morgan fingerprint density at radius 2 is 2.33 bits per heavy atom. The van der Waals surface area contributed by atoms with Gasteiger partial charge in [0.05, 0.1) is 31.7 Å². The molecule has 0 saturated heterocycles. The Morgan fingerprint density at radius 3 is 3.10 bits per heavy atom. The van der Waals surface area contributed by atoms with E-state index in [9.17, 15) is 4.79 Å². The third-order valence-corrected chi connectivity index (χ3v) is 2.40. The number of hydrogen-bond acceptors (Lipinski definition) is 7. The number of carbonyl (C=O) groups is 1. The molecule has 0 aliphatic rings. The number of ether oxygens (including phenoxy) is 1. The average molecular weight is 292 g/mol. The van der Waals surface area contributed by atoms with Gasteiger partial charge in [0, 0.05) is 0 Å². The summed E-state index contributed by atoms with van der Waals surface area (Å²) in [6.07, 6.45) is 5.57. The molecule has 0 aliphatic carbocycles. The number of aromatic nitrogens is 5. The number of carboxylic acid groups (broad SMARTS) is 1. The second kappa shape index (κ2) is 7.17. The second-order valence-corrected chi connectivity index (χ2v) is 4.25. The fourth-order valence-electron chi connectivity index (χ4n) is 1.53. The minimum absolute atomic E-state index is 0.215. The summed E-state index contributed by atoms with van der Waals surface area (Å²) in [5.74, 6) is 0.0406. The molecular formula is C12H16N6O3. The van der Waals surface area contributed by atoms with E-state index in [2.05, 4.69) is 25.6 Å². The summed E-state index contributed by atoms with van der Waals surface area (Å²) < 4.78 is 6.64. The monoisotopic (exact) mass is 292 g/mol. The van der Waals surface area contributed by atoms with Crippen molar-refractivity contribution in [2.45, 2.75) is 26.4 Å². The van der Waals surface area contributed by atoms with Gasteiger partial charge in [-0.05, 0) is 6.42 Å². The summed E-state index contributed by atoms with van der Waals surface area (Å²) in [5, 5.41) is 19.3. The van der Waals surface area contributed by atoms with Gasteiger partial charge < -0.3 is 15.2 Å². The predicted molar refractivity (Wildman–Crippen MR) is 72.8 cm³/mol. The molecule has 9 nitrogen and oxygen atoms in total. The van der Waals surface area contributed by atoms with Gasteiger partial charge in [-0.1, -0.05) is 12.1 Å². The van der Waals surface area contributed by atoms with Crippen molar-refractivity contribution in [2.24, 2.45) is 0 Å². The second-order valence-electron chi connectivity index (χ2n) is 4.25. The van der Waals surface area contributed by atoms with E-state index in [0.29, 0.717) is 30.5 Å². The number of nitrogens with one attached hydrogen (secondary N) is 1. The molecule has 0 radical (unpaired) electrons. The fourth-order valence-corrected chi connectivity index (χ4v) is 1.53. The molecule has 0 saturated carbocycles. The van der Waals surface area contributed by atoms with Crippen LogP contribution < -0.4 is 10.1 Å². The average Bonchev–Trinajstić information content (AvgIpc) is 2.90. The summed E-state index contributed by atoms with van der Waals surface area (Å²) in [4.78, 5) is 18.8. The number of anilines is 1. The molecule has 2 heterocycles. The Labute approximate surface area is 121 Å². The molecule has 0 amide bonds. The zero-order chi connectivity index (χ0) is 15.1. The molecule has 9 heteroatoms. The van der Waals surface area contributed by atoms with Gasteiger partial charge in [0.1, 0.15) is 18.1 Å². The van der Waals surface area contributed by atoms with E-state index in [1.807, 2.05) is 6.92 Å². The smallest absolute Gasteiger partial charge is 0.325 e. The number of nitrogens with zero attached hydrogens (tertiary/aromatic N) is 5. The molecule has 0 spiro atoms. The highest BCUT2D eigenvalue weighted by Gasteiger charge is 2.05. The number of carboxylic acids is 1. The molecule has 2 N–H and O–H groups in total. The van der Waals surface area contributed by atoms with Gasteiger partial charge in [0.2, 0.25) is 5.88 Å². The van der Waals surface area contributed by atoms with E-state index >= 15 is 0 Å². The lowest BCUT2D eigenvalue weighted by Gasteiger charge is -2.06. The van der Waals surface area contributed by atoms with Crippen LogP contribution >= 0.6 is 0 Å². The van der Waals surface area contributed by atoms with Gasteiger partial charge in [-0.25, -0.2) is 4.68 Å². The normalized spacial score (nSPS) is 10.3. The highest BCUT2D eigenvalue weighted by Crippen LogP contribution is 2.10. The molecule has 0 fully saturated rings. The lowest BCUT2D eigenvalue weighted by atomic mass is 10.4. The van der Waals surface area contributed by atoms with Crippen molar-refractivity contribution in [1.82, 2.24) is 25.0 Å². The molecule has 2 aromatic heterocycles. The van der Waals surface area contributed by atoms with Crippen molar-refractivity contribution in [3.05, 3.63) is 24.3 Å². The van der Waals surface area contributed by atoms with Crippen molar-refractivity contribution in [3.63, 3.8) is 0 Å². The molecular weight excluding hydrogens is 276 g/mol. The Kier molecular flexibility index (Phi) is 5.02. The van der Waals surface area contributed by atoms with Crippen molar-refractivity contribution in [1.29, 1.82) is 0 Å². The first-order valence-corrected chi connectivity index (χ1v) is 6.47. The highest BCUT2D eigenvalue weighted by atomic mass is 16.5. The molecule has 0 bridgehead atoms. The third kappa shape index (κ3) is 4.71. The Bertz CT molecular complexity index is 600. The lowest BCUT2D eigenvalue weighted by molar-refractivity contribution is -0.137. The highest BCUT2D eigenvalue weighted by molar-refractivity contribution is 5.66. The first-order valence-electron chi connectivity index (χ1n) is 6.47. The minimum Gasteiger partial charge on any atom is -0.480 e. The maximum Gasteiger partial charge on any atom is 0.325 e. The first kappa shape index (κ1) is 14.7. The number of rotatable bonds is 8. The van der Waals surface area contributed by atoms with Crippen LogP contribution in [-0.2, 0) is 17.9 Å². The maximum atomic E-state index is 10.5. The van der Waals surface area contributed by atoms with E-state index in [0.717, 1.165) is 6.42 Å². The van der Waals surface area contributed by atoms with Crippen LogP contribution in [0.2, 0.25) is 0 Å². The maximum absolute atomic E-state index is 10.5. The molecule has 2 rings (SSSR count). The van der Waals surface area contributed by atoms with Gasteiger partial charge in [-0.15, -0.1) is 5.10 Å². The molecule has 2 aromatic rings. The van der Waals surface area contributed by atoms with Crippen LogP contribution in [0.15, 0.2) is 18.6 Å².